The Labute approximate surface area is 158 Å². The summed E-state index contributed by atoms with van der Waals surface area (Å²) in [6.07, 6.45) is 4.24. The molecule has 1 aliphatic heterocycles. The van der Waals surface area contributed by atoms with Crippen molar-refractivity contribution in [1.29, 1.82) is 0 Å². The summed E-state index contributed by atoms with van der Waals surface area (Å²) in [4.78, 5) is 21.6. The Morgan fingerprint density at radius 3 is 2.60 bits per heavy atom. The van der Waals surface area contributed by atoms with Crippen LogP contribution >= 0.6 is 23.2 Å². The molecule has 0 aromatic carbocycles. The molecule has 2 rings (SSSR count). The molecule has 1 aromatic heterocycles. The maximum absolute atomic E-state index is 12.0. The smallest absolute Gasteiger partial charge is 0.410 e. The predicted octanol–water partition coefficient (Wildman–Crippen LogP) is 4.34. The molecule has 1 saturated heterocycles. The number of amides is 1. The summed E-state index contributed by atoms with van der Waals surface area (Å²) in [5.41, 5.74) is 0.278. The van der Waals surface area contributed by atoms with Crippen molar-refractivity contribution in [1.82, 2.24) is 14.9 Å². The van der Waals surface area contributed by atoms with Crippen molar-refractivity contribution in [3.63, 3.8) is 0 Å². The lowest BCUT2D eigenvalue weighted by Crippen LogP contribution is -2.41. The Morgan fingerprint density at radius 2 is 2.00 bits per heavy atom. The second kappa shape index (κ2) is 9.01. The molecule has 0 radical (unpaired) electrons. The van der Waals surface area contributed by atoms with Crippen LogP contribution in [0.2, 0.25) is 10.4 Å². The molecule has 1 aliphatic rings. The largest absolute Gasteiger partial charge is 0.444 e. The third kappa shape index (κ3) is 6.96. The highest BCUT2D eigenvalue weighted by Gasteiger charge is 2.26. The van der Waals surface area contributed by atoms with Crippen molar-refractivity contribution in [2.75, 3.05) is 19.7 Å². The van der Waals surface area contributed by atoms with Crippen molar-refractivity contribution in [3.05, 3.63) is 22.2 Å². The van der Waals surface area contributed by atoms with Crippen LogP contribution < -0.4 is 0 Å². The monoisotopic (exact) mass is 389 g/mol. The average molecular weight is 390 g/mol. The molecule has 8 heteroatoms. The van der Waals surface area contributed by atoms with E-state index in [-0.39, 0.29) is 11.4 Å². The molecular weight excluding hydrogens is 365 g/mol. The first-order valence-electron chi connectivity index (χ1n) is 8.47. The van der Waals surface area contributed by atoms with Gasteiger partial charge in [0.05, 0.1) is 6.61 Å². The molecule has 25 heavy (non-hydrogen) atoms. The van der Waals surface area contributed by atoms with Gasteiger partial charge in [0.2, 0.25) is 5.28 Å². The fourth-order valence-corrected chi connectivity index (χ4v) is 2.99. The summed E-state index contributed by atoms with van der Waals surface area (Å²) in [5, 5.41) is 0.455. The van der Waals surface area contributed by atoms with Gasteiger partial charge < -0.3 is 14.4 Å². The lowest BCUT2D eigenvalue weighted by molar-refractivity contribution is 0.0164. The maximum atomic E-state index is 12.0. The summed E-state index contributed by atoms with van der Waals surface area (Å²) in [5.74, 6) is 0.552. The van der Waals surface area contributed by atoms with Crippen molar-refractivity contribution < 1.29 is 14.3 Å². The van der Waals surface area contributed by atoms with Crippen LogP contribution in [0.3, 0.4) is 0 Å². The van der Waals surface area contributed by atoms with Crippen molar-refractivity contribution in [2.24, 2.45) is 5.92 Å². The van der Waals surface area contributed by atoms with Crippen LogP contribution in [0.4, 0.5) is 4.79 Å². The van der Waals surface area contributed by atoms with Crippen LogP contribution in [0, 0.1) is 5.92 Å². The van der Waals surface area contributed by atoms with Crippen LogP contribution in [0.1, 0.15) is 45.6 Å². The summed E-state index contributed by atoms with van der Waals surface area (Å²) in [6, 6.07) is 0. The van der Waals surface area contributed by atoms with Gasteiger partial charge in [0.25, 0.3) is 0 Å². The molecule has 0 atom stereocenters. The van der Waals surface area contributed by atoms with Gasteiger partial charge in [-0.3, -0.25) is 0 Å². The second-order valence-electron chi connectivity index (χ2n) is 7.21. The number of carbonyl (C=O) groups is 1. The number of halogens is 2. The zero-order valence-corrected chi connectivity index (χ0v) is 16.4. The molecule has 1 fully saturated rings. The first-order chi connectivity index (χ1) is 11.7. The van der Waals surface area contributed by atoms with Crippen LogP contribution in [-0.2, 0) is 16.1 Å². The molecule has 0 unspecified atom stereocenters. The Kier molecular flexibility index (Phi) is 7.28. The van der Waals surface area contributed by atoms with E-state index in [1.165, 1.54) is 0 Å². The quantitative estimate of drug-likeness (QED) is 0.425. The molecule has 0 N–H and O–H groups in total. The number of aromatic nitrogens is 2. The standard InChI is InChI=1S/C17H25Cl2N3O3/c1-17(2,3)25-16(23)22-7-4-12(5-8-22)6-9-24-11-13-10-20-15(19)21-14(13)18/h10,12H,4-9,11H2,1-3H3. The van der Waals surface area contributed by atoms with E-state index in [2.05, 4.69) is 9.97 Å². The molecule has 2 heterocycles. The van der Waals surface area contributed by atoms with Crippen LogP contribution in [0.15, 0.2) is 6.20 Å². The minimum atomic E-state index is -0.450. The molecule has 6 nitrogen and oxygen atoms in total. The van der Waals surface area contributed by atoms with Crippen LogP contribution in [0.25, 0.3) is 0 Å². The minimum Gasteiger partial charge on any atom is -0.444 e. The molecule has 140 valence electrons. The number of hydrogen-bond donors (Lipinski definition) is 0. The topological polar surface area (TPSA) is 64.5 Å². The van der Waals surface area contributed by atoms with Gasteiger partial charge in [0.15, 0.2) is 0 Å². The van der Waals surface area contributed by atoms with E-state index >= 15 is 0 Å². The third-order valence-electron chi connectivity index (χ3n) is 3.98. The number of piperidine rings is 1. The molecule has 0 bridgehead atoms. The average Bonchev–Trinajstić information content (AvgIpc) is 2.52. The summed E-state index contributed by atoms with van der Waals surface area (Å²) >= 11 is 11.6. The SMILES string of the molecule is CC(C)(C)OC(=O)N1CCC(CCOCc2cnc(Cl)nc2Cl)CC1. The Balaban J connectivity index is 1.65. The normalized spacial score (nSPS) is 16.1. The van der Waals surface area contributed by atoms with Gasteiger partial charge in [0, 0.05) is 31.5 Å². The Morgan fingerprint density at radius 1 is 1.32 bits per heavy atom. The molecule has 0 aliphatic carbocycles. The Bertz CT molecular complexity index is 585. The fraction of sp³-hybridized carbons (Fsp3) is 0.706. The van der Waals surface area contributed by atoms with Gasteiger partial charge in [0.1, 0.15) is 10.8 Å². The maximum Gasteiger partial charge on any atom is 0.410 e. The van der Waals surface area contributed by atoms with Crippen molar-refractivity contribution in [2.45, 2.75) is 52.2 Å². The van der Waals surface area contributed by atoms with Gasteiger partial charge in [-0.2, -0.15) is 0 Å². The van der Waals surface area contributed by atoms with Crippen molar-refractivity contribution in [3.8, 4) is 0 Å². The molecule has 1 aromatic rings. The highest BCUT2D eigenvalue weighted by Crippen LogP contribution is 2.23. The zero-order chi connectivity index (χ0) is 18.4. The summed E-state index contributed by atoms with van der Waals surface area (Å²) in [7, 11) is 0. The molecule has 1 amide bonds. The lowest BCUT2D eigenvalue weighted by Gasteiger charge is -2.33. The number of ether oxygens (including phenoxy) is 2. The minimum absolute atomic E-state index is 0.130. The number of hydrogen-bond acceptors (Lipinski definition) is 5. The van der Waals surface area contributed by atoms with Gasteiger partial charge in [-0.15, -0.1) is 0 Å². The highest BCUT2D eigenvalue weighted by molar-refractivity contribution is 6.32. The van der Waals surface area contributed by atoms with E-state index in [0.717, 1.165) is 37.9 Å². The predicted molar refractivity (Wildman–Crippen MR) is 96.9 cm³/mol. The van der Waals surface area contributed by atoms with E-state index in [1.807, 2.05) is 20.8 Å². The number of nitrogens with zero attached hydrogens (tertiary/aromatic N) is 3. The third-order valence-corrected chi connectivity index (χ3v) is 4.49. The number of carbonyl (C=O) groups excluding carboxylic acids is 1. The van der Waals surface area contributed by atoms with Crippen LogP contribution in [-0.4, -0.2) is 46.3 Å². The first kappa shape index (κ1) is 20.2. The summed E-state index contributed by atoms with van der Waals surface area (Å²) in [6.45, 7) is 8.11. The van der Waals surface area contributed by atoms with Gasteiger partial charge in [-0.1, -0.05) is 11.6 Å². The molecular formula is C17H25Cl2N3O3. The second-order valence-corrected chi connectivity index (χ2v) is 7.90. The van der Waals surface area contributed by atoms with E-state index < -0.39 is 5.60 Å². The lowest BCUT2D eigenvalue weighted by atomic mass is 9.94. The van der Waals surface area contributed by atoms with E-state index in [1.54, 1.807) is 11.1 Å². The van der Waals surface area contributed by atoms with E-state index in [9.17, 15) is 4.79 Å². The number of rotatable bonds is 5. The Hall–Kier alpha value is -1.11. The van der Waals surface area contributed by atoms with E-state index in [4.69, 9.17) is 32.7 Å². The first-order valence-corrected chi connectivity index (χ1v) is 9.23. The van der Waals surface area contributed by atoms with Gasteiger partial charge in [-0.25, -0.2) is 14.8 Å². The zero-order valence-electron chi connectivity index (χ0n) is 14.9. The van der Waals surface area contributed by atoms with Crippen molar-refractivity contribution >= 4 is 29.3 Å². The molecule has 0 saturated carbocycles. The fourth-order valence-electron chi connectivity index (χ4n) is 2.63. The summed E-state index contributed by atoms with van der Waals surface area (Å²) < 4.78 is 11.1. The highest BCUT2D eigenvalue weighted by atomic mass is 35.5. The van der Waals surface area contributed by atoms with Crippen LogP contribution in [0.5, 0.6) is 0 Å². The van der Waals surface area contributed by atoms with Gasteiger partial charge in [-0.05, 0) is 57.6 Å². The number of likely N-dealkylation sites (tertiary alicyclic amines) is 1. The molecule has 0 spiro atoms. The van der Waals surface area contributed by atoms with E-state index in [0.29, 0.717) is 24.3 Å². The van der Waals surface area contributed by atoms with Gasteiger partial charge >= 0.3 is 6.09 Å².